The summed E-state index contributed by atoms with van der Waals surface area (Å²) in [4.78, 5) is 33.1. The minimum Gasteiger partial charge on any atom is -0.462 e. The maximum absolute atomic E-state index is 13.3. The van der Waals surface area contributed by atoms with Crippen molar-refractivity contribution in [1.82, 2.24) is 19.7 Å². The van der Waals surface area contributed by atoms with Gasteiger partial charge in [-0.1, -0.05) is 0 Å². The molecule has 0 saturated carbocycles. The van der Waals surface area contributed by atoms with Gasteiger partial charge < -0.3 is 15.0 Å². The minimum absolute atomic E-state index is 0.145. The molecular formula is C24H27FN6O3. The molecule has 9 nitrogen and oxygen atoms in total. The van der Waals surface area contributed by atoms with Gasteiger partial charge in [-0.25, -0.2) is 18.9 Å². The van der Waals surface area contributed by atoms with E-state index in [0.717, 1.165) is 11.5 Å². The van der Waals surface area contributed by atoms with Gasteiger partial charge in [0.15, 0.2) is 0 Å². The van der Waals surface area contributed by atoms with Crippen LogP contribution in [-0.2, 0) is 9.53 Å². The number of aryl methyl sites for hydroxylation is 1. The highest BCUT2D eigenvalue weighted by atomic mass is 19.1. The lowest BCUT2D eigenvalue weighted by Crippen LogP contribution is -2.49. The SMILES string of the molecule is CCOC(=O)c1ccc(N2CCN(CC(=O)Nc3cc(C)nn3-c3ccc(F)cc3)CC2)nc1. The van der Waals surface area contributed by atoms with Crippen molar-refractivity contribution in [1.29, 1.82) is 0 Å². The Labute approximate surface area is 197 Å². The van der Waals surface area contributed by atoms with Gasteiger partial charge in [0, 0.05) is 38.4 Å². The van der Waals surface area contributed by atoms with Crippen molar-refractivity contribution in [2.45, 2.75) is 13.8 Å². The fourth-order valence-corrected chi connectivity index (χ4v) is 3.80. The van der Waals surface area contributed by atoms with Crippen LogP contribution in [0.5, 0.6) is 0 Å². The van der Waals surface area contributed by atoms with Crippen LogP contribution in [0.2, 0.25) is 0 Å². The van der Waals surface area contributed by atoms with Crippen LogP contribution in [0.15, 0.2) is 48.7 Å². The lowest BCUT2D eigenvalue weighted by Gasteiger charge is -2.35. The highest BCUT2D eigenvalue weighted by Gasteiger charge is 2.21. The zero-order valence-corrected chi connectivity index (χ0v) is 19.2. The lowest BCUT2D eigenvalue weighted by atomic mass is 10.2. The monoisotopic (exact) mass is 466 g/mol. The normalized spacial score (nSPS) is 14.1. The number of aromatic nitrogens is 3. The first-order chi connectivity index (χ1) is 16.4. The van der Waals surface area contributed by atoms with Gasteiger partial charge in [-0.3, -0.25) is 9.69 Å². The zero-order chi connectivity index (χ0) is 24.1. The van der Waals surface area contributed by atoms with Crippen LogP contribution in [0.3, 0.4) is 0 Å². The second kappa shape index (κ2) is 10.4. The number of nitrogens with one attached hydrogen (secondary N) is 1. The topological polar surface area (TPSA) is 92.6 Å². The summed E-state index contributed by atoms with van der Waals surface area (Å²) in [5.74, 6) is 0.471. The Morgan fingerprint density at radius 3 is 2.47 bits per heavy atom. The van der Waals surface area contributed by atoms with Gasteiger partial charge in [0.2, 0.25) is 5.91 Å². The van der Waals surface area contributed by atoms with Crippen molar-refractivity contribution in [3.8, 4) is 5.69 Å². The summed E-state index contributed by atoms with van der Waals surface area (Å²) < 4.78 is 19.8. The summed E-state index contributed by atoms with van der Waals surface area (Å²) >= 11 is 0. The number of piperazine rings is 1. The number of benzene rings is 1. The zero-order valence-electron chi connectivity index (χ0n) is 19.2. The van der Waals surface area contributed by atoms with E-state index in [2.05, 4.69) is 25.2 Å². The van der Waals surface area contributed by atoms with E-state index in [9.17, 15) is 14.0 Å². The second-order valence-corrected chi connectivity index (χ2v) is 8.00. The third kappa shape index (κ3) is 5.57. The molecule has 0 bridgehead atoms. The van der Waals surface area contributed by atoms with Crippen LogP contribution in [0, 0.1) is 12.7 Å². The third-order valence-corrected chi connectivity index (χ3v) is 5.49. The fraction of sp³-hybridized carbons (Fsp3) is 0.333. The molecule has 2 aromatic heterocycles. The first-order valence-electron chi connectivity index (χ1n) is 11.2. The number of hydrogen-bond donors (Lipinski definition) is 1. The van der Waals surface area contributed by atoms with Gasteiger partial charge >= 0.3 is 5.97 Å². The largest absolute Gasteiger partial charge is 0.462 e. The molecular weight excluding hydrogens is 439 g/mol. The van der Waals surface area contributed by atoms with Gasteiger partial charge in [0.1, 0.15) is 17.5 Å². The number of anilines is 2. The van der Waals surface area contributed by atoms with Gasteiger partial charge in [-0.2, -0.15) is 5.10 Å². The van der Waals surface area contributed by atoms with Crippen LogP contribution in [0.1, 0.15) is 23.0 Å². The Balaban J connectivity index is 1.31. The number of amides is 1. The lowest BCUT2D eigenvalue weighted by molar-refractivity contribution is -0.117. The van der Waals surface area contributed by atoms with Crippen molar-refractivity contribution in [2.75, 3.05) is 49.5 Å². The molecule has 1 aromatic carbocycles. The molecule has 0 radical (unpaired) electrons. The van der Waals surface area contributed by atoms with Crippen LogP contribution in [-0.4, -0.2) is 70.9 Å². The number of nitrogens with zero attached hydrogens (tertiary/aromatic N) is 5. The highest BCUT2D eigenvalue weighted by Crippen LogP contribution is 2.18. The number of halogens is 1. The molecule has 34 heavy (non-hydrogen) atoms. The molecule has 3 aromatic rings. The predicted octanol–water partition coefficient (Wildman–Crippen LogP) is 2.65. The third-order valence-electron chi connectivity index (χ3n) is 5.49. The summed E-state index contributed by atoms with van der Waals surface area (Å²) in [5, 5.41) is 7.32. The van der Waals surface area contributed by atoms with Gasteiger partial charge in [-0.05, 0) is 50.2 Å². The number of carbonyl (C=O) groups is 2. The summed E-state index contributed by atoms with van der Waals surface area (Å²) in [6.07, 6.45) is 1.53. The smallest absolute Gasteiger partial charge is 0.339 e. The molecule has 0 spiro atoms. The Morgan fingerprint density at radius 1 is 1.09 bits per heavy atom. The molecule has 0 aliphatic carbocycles. The fourth-order valence-electron chi connectivity index (χ4n) is 3.80. The first-order valence-corrected chi connectivity index (χ1v) is 11.2. The molecule has 1 saturated heterocycles. The van der Waals surface area contributed by atoms with E-state index in [4.69, 9.17) is 4.74 Å². The number of esters is 1. The summed E-state index contributed by atoms with van der Waals surface area (Å²) in [6, 6.07) is 11.3. The van der Waals surface area contributed by atoms with E-state index in [1.54, 1.807) is 35.9 Å². The summed E-state index contributed by atoms with van der Waals surface area (Å²) in [6.45, 7) is 7.00. The van der Waals surface area contributed by atoms with Crippen LogP contribution in [0.4, 0.5) is 16.0 Å². The van der Waals surface area contributed by atoms with Crippen molar-refractivity contribution in [3.05, 3.63) is 65.7 Å². The molecule has 1 aliphatic heterocycles. The quantitative estimate of drug-likeness (QED) is 0.535. The Kier molecular flexibility index (Phi) is 7.17. The standard InChI is InChI=1S/C24H27FN6O3/c1-3-34-24(33)18-4-9-21(26-15-18)30-12-10-29(11-13-30)16-23(32)27-22-14-17(2)28-31(22)20-7-5-19(25)6-8-20/h4-9,14-15H,3,10-13,16H2,1-2H3,(H,27,32). The molecule has 4 rings (SSSR count). The average Bonchev–Trinajstić information content (AvgIpc) is 3.20. The molecule has 178 valence electrons. The molecule has 10 heteroatoms. The Morgan fingerprint density at radius 2 is 1.82 bits per heavy atom. The van der Waals surface area contributed by atoms with E-state index in [1.807, 2.05) is 13.0 Å². The molecule has 0 unspecified atom stereocenters. The maximum atomic E-state index is 13.3. The number of ether oxygens (including phenoxy) is 1. The average molecular weight is 467 g/mol. The van der Waals surface area contributed by atoms with Crippen LogP contribution < -0.4 is 10.2 Å². The van der Waals surface area contributed by atoms with E-state index in [1.165, 1.54) is 18.3 Å². The Hall–Kier alpha value is -3.79. The van der Waals surface area contributed by atoms with Crippen molar-refractivity contribution in [3.63, 3.8) is 0 Å². The number of rotatable bonds is 7. The molecule has 1 fully saturated rings. The summed E-state index contributed by atoms with van der Waals surface area (Å²) in [7, 11) is 0. The van der Waals surface area contributed by atoms with Gasteiger partial charge in [0.25, 0.3) is 0 Å². The number of pyridine rings is 1. The van der Waals surface area contributed by atoms with Gasteiger partial charge in [-0.15, -0.1) is 0 Å². The van der Waals surface area contributed by atoms with Gasteiger partial charge in [0.05, 0.1) is 30.1 Å². The predicted molar refractivity (Wildman–Crippen MR) is 126 cm³/mol. The van der Waals surface area contributed by atoms with Crippen molar-refractivity contribution in [2.24, 2.45) is 0 Å². The first kappa shape index (κ1) is 23.4. The van der Waals surface area contributed by atoms with Crippen molar-refractivity contribution >= 4 is 23.5 Å². The second-order valence-electron chi connectivity index (χ2n) is 8.00. The van der Waals surface area contributed by atoms with Crippen LogP contribution in [0.25, 0.3) is 5.69 Å². The van der Waals surface area contributed by atoms with E-state index in [0.29, 0.717) is 49.9 Å². The minimum atomic E-state index is -0.381. The summed E-state index contributed by atoms with van der Waals surface area (Å²) in [5.41, 5.74) is 1.84. The van der Waals surface area contributed by atoms with Crippen molar-refractivity contribution < 1.29 is 18.7 Å². The molecule has 1 amide bonds. The number of carbonyl (C=O) groups excluding carboxylic acids is 2. The number of hydrogen-bond acceptors (Lipinski definition) is 7. The molecule has 1 aliphatic rings. The molecule has 1 N–H and O–H groups in total. The van der Waals surface area contributed by atoms with E-state index < -0.39 is 0 Å². The van der Waals surface area contributed by atoms with E-state index >= 15 is 0 Å². The highest BCUT2D eigenvalue weighted by molar-refractivity contribution is 5.92. The van der Waals surface area contributed by atoms with Crippen LogP contribution >= 0.6 is 0 Å². The molecule has 3 heterocycles. The maximum Gasteiger partial charge on any atom is 0.339 e. The molecule has 0 atom stereocenters. The Bertz CT molecular complexity index is 1140. The van der Waals surface area contributed by atoms with E-state index in [-0.39, 0.29) is 24.2 Å².